The number of rotatable bonds is 12. The van der Waals surface area contributed by atoms with Gasteiger partial charge >= 0.3 is 12.0 Å². The molecule has 2 aromatic rings. The van der Waals surface area contributed by atoms with Crippen LogP contribution < -0.4 is 10.2 Å². The van der Waals surface area contributed by atoms with Crippen molar-refractivity contribution < 1.29 is 19.1 Å². The van der Waals surface area contributed by atoms with Crippen molar-refractivity contribution in [1.29, 1.82) is 0 Å². The second-order valence-corrected chi connectivity index (χ2v) is 8.74. The molecule has 6 heteroatoms. The van der Waals surface area contributed by atoms with Crippen LogP contribution >= 0.6 is 0 Å². The molecular formula is C27H36N2O4. The van der Waals surface area contributed by atoms with E-state index in [0.717, 1.165) is 41.6 Å². The number of amides is 2. The van der Waals surface area contributed by atoms with Gasteiger partial charge in [-0.2, -0.15) is 0 Å². The first-order chi connectivity index (χ1) is 16.0. The van der Waals surface area contributed by atoms with Crippen molar-refractivity contribution >= 4 is 17.7 Å². The zero-order chi connectivity index (χ0) is 23.6. The summed E-state index contributed by atoms with van der Waals surface area (Å²) >= 11 is 0. The number of esters is 1. The highest BCUT2D eigenvalue weighted by Gasteiger charge is 2.26. The number of anilines is 1. The Bertz CT molecular complexity index is 909. The summed E-state index contributed by atoms with van der Waals surface area (Å²) in [6.45, 7) is 3.45. The lowest BCUT2D eigenvalue weighted by Crippen LogP contribution is -2.37. The molecule has 1 aliphatic rings. The summed E-state index contributed by atoms with van der Waals surface area (Å²) in [4.78, 5) is 26.2. The number of benzene rings is 2. The van der Waals surface area contributed by atoms with Gasteiger partial charge in [0.05, 0.1) is 13.7 Å². The fraction of sp³-hybridized carbons (Fsp3) is 0.481. The van der Waals surface area contributed by atoms with Gasteiger partial charge in [0.1, 0.15) is 0 Å². The van der Waals surface area contributed by atoms with Crippen molar-refractivity contribution in [1.82, 2.24) is 5.32 Å². The number of unbranched alkanes of at least 4 members (excludes halogenated alkanes) is 2. The van der Waals surface area contributed by atoms with Gasteiger partial charge in [-0.25, -0.2) is 9.59 Å². The van der Waals surface area contributed by atoms with Crippen molar-refractivity contribution in [2.75, 3.05) is 32.2 Å². The van der Waals surface area contributed by atoms with Gasteiger partial charge in [0.15, 0.2) is 6.10 Å². The van der Waals surface area contributed by atoms with Gasteiger partial charge in [-0.05, 0) is 54.0 Å². The summed E-state index contributed by atoms with van der Waals surface area (Å²) in [5, 5.41) is 2.97. The van der Waals surface area contributed by atoms with E-state index in [2.05, 4.69) is 12.2 Å². The van der Waals surface area contributed by atoms with Crippen LogP contribution in [0.4, 0.5) is 10.5 Å². The molecule has 0 spiro atoms. The van der Waals surface area contributed by atoms with Crippen LogP contribution in [0.5, 0.6) is 0 Å². The maximum Gasteiger partial charge on any atom is 0.335 e. The number of hydrogen-bond acceptors (Lipinski definition) is 4. The lowest BCUT2D eigenvalue weighted by atomic mass is 10.0. The zero-order valence-corrected chi connectivity index (χ0v) is 20.0. The molecule has 178 valence electrons. The molecule has 0 saturated heterocycles. The van der Waals surface area contributed by atoms with E-state index in [9.17, 15) is 9.59 Å². The van der Waals surface area contributed by atoms with Crippen LogP contribution in [0.15, 0.2) is 48.5 Å². The van der Waals surface area contributed by atoms with Crippen molar-refractivity contribution in [2.45, 2.75) is 51.6 Å². The van der Waals surface area contributed by atoms with Gasteiger partial charge in [-0.3, -0.25) is 4.90 Å². The van der Waals surface area contributed by atoms with E-state index in [0.29, 0.717) is 25.5 Å². The van der Waals surface area contributed by atoms with Crippen LogP contribution in [0.25, 0.3) is 11.1 Å². The highest BCUT2D eigenvalue weighted by Crippen LogP contribution is 2.30. The third-order valence-corrected chi connectivity index (χ3v) is 6.00. The average molecular weight is 453 g/mol. The molecule has 0 heterocycles. The second kappa shape index (κ2) is 12.4. The molecule has 0 aromatic heterocycles. The molecule has 1 N–H and O–H groups in total. The fourth-order valence-corrected chi connectivity index (χ4v) is 3.63. The monoisotopic (exact) mass is 452 g/mol. The zero-order valence-electron chi connectivity index (χ0n) is 20.0. The van der Waals surface area contributed by atoms with E-state index in [-0.39, 0.29) is 12.0 Å². The molecule has 1 aliphatic carbocycles. The Morgan fingerprint density at radius 1 is 1.09 bits per heavy atom. The van der Waals surface area contributed by atoms with Crippen molar-refractivity contribution in [3.63, 3.8) is 0 Å². The molecular weight excluding hydrogens is 416 g/mol. The number of hydrogen-bond donors (Lipinski definition) is 1. The highest BCUT2D eigenvalue weighted by atomic mass is 16.6. The Morgan fingerprint density at radius 2 is 1.85 bits per heavy atom. The maximum absolute atomic E-state index is 12.4. The lowest BCUT2D eigenvalue weighted by molar-refractivity contribution is -0.154. The Labute approximate surface area is 197 Å². The van der Waals surface area contributed by atoms with Gasteiger partial charge in [0.25, 0.3) is 0 Å². The molecule has 2 amide bonds. The summed E-state index contributed by atoms with van der Waals surface area (Å²) in [7, 11) is 3.18. The number of carbonyl (C=O) groups is 2. The summed E-state index contributed by atoms with van der Waals surface area (Å²) in [5.74, 6) is 0.256. The number of urea groups is 1. The summed E-state index contributed by atoms with van der Waals surface area (Å²) in [6, 6.07) is 15.9. The van der Waals surface area contributed by atoms with Crippen molar-refractivity contribution in [3.05, 3.63) is 54.1 Å². The molecule has 0 radical (unpaired) electrons. The SMILES string of the molecule is CCCCCNC(=O)N(C)c1cccc(-c2ccc(CC(OCC3CC3)C(=O)OC)cc2)c1. The van der Waals surface area contributed by atoms with Crippen molar-refractivity contribution in [2.24, 2.45) is 5.92 Å². The number of nitrogens with zero attached hydrogens (tertiary/aromatic N) is 1. The van der Waals surface area contributed by atoms with Crippen LogP contribution in [-0.2, 0) is 20.7 Å². The second-order valence-electron chi connectivity index (χ2n) is 8.74. The Kier molecular flexibility index (Phi) is 9.31. The molecule has 0 bridgehead atoms. The predicted octanol–water partition coefficient (Wildman–Crippen LogP) is 5.20. The minimum atomic E-state index is -0.575. The first-order valence-corrected chi connectivity index (χ1v) is 11.9. The lowest BCUT2D eigenvalue weighted by Gasteiger charge is -2.19. The van der Waals surface area contributed by atoms with E-state index in [4.69, 9.17) is 9.47 Å². The molecule has 0 aliphatic heterocycles. The van der Waals surface area contributed by atoms with Crippen LogP contribution in [-0.4, -0.2) is 45.4 Å². The topological polar surface area (TPSA) is 67.9 Å². The van der Waals surface area contributed by atoms with Gasteiger partial charge in [0.2, 0.25) is 0 Å². The van der Waals surface area contributed by atoms with Gasteiger partial charge in [-0.1, -0.05) is 56.2 Å². The number of methoxy groups -OCH3 is 1. The van der Waals surface area contributed by atoms with E-state index in [1.165, 1.54) is 20.0 Å². The molecule has 1 unspecified atom stereocenters. The molecule has 1 fully saturated rings. The first-order valence-electron chi connectivity index (χ1n) is 11.9. The van der Waals surface area contributed by atoms with Crippen molar-refractivity contribution in [3.8, 4) is 11.1 Å². The van der Waals surface area contributed by atoms with E-state index < -0.39 is 6.10 Å². The Hall–Kier alpha value is -2.86. The van der Waals surface area contributed by atoms with Crippen LogP contribution in [0, 0.1) is 5.92 Å². The van der Waals surface area contributed by atoms with E-state index in [1.807, 2.05) is 48.5 Å². The van der Waals surface area contributed by atoms with Crippen LogP contribution in [0.2, 0.25) is 0 Å². The van der Waals surface area contributed by atoms with Crippen LogP contribution in [0.3, 0.4) is 0 Å². The number of carbonyl (C=O) groups excluding carboxylic acids is 2. The summed E-state index contributed by atoms with van der Waals surface area (Å²) in [5.41, 5.74) is 3.93. The first kappa shape index (κ1) is 24.8. The molecule has 1 atom stereocenters. The number of nitrogens with one attached hydrogen (secondary N) is 1. The molecule has 6 nitrogen and oxygen atoms in total. The standard InChI is InChI=1S/C27H36N2O4/c1-4-5-6-16-28-27(31)29(2)24-9-7-8-23(18-24)22-14-12-20(13-15-22)17-25(26(30)32-3)33-19-21-10-11-21/h7-9,12-15,18,21,25H,4-6,10-11,16-17,19H2,1-3H3,(H,28,31). The van der Waals surface area contributed by atoms with E-state index in [1.54, 1.807) is 11.9 Å². The summed E-state index contributed by atoms with van der Waals surface area (Å²) in [6.07, 6.45) is 5.50. The quantitative estimate of drug-likeness (QED) is 0.355. The smallest absolute Gasteiger partial charge is 0.335 e. The fourth-order valence-electron chi connectivity index (χ4n) is 3.63. The third-order valence-electron chi connectivity index (χ3n) is 6.00. The maximum atomic E-state index is 12.4. The van der Waals surface area contributed by atoms with E-state index >= 15 is 0 Å². The predicted molar refractivity (Wildman–Crippen MR) is 131 cm³/mol. The Balaban J connectivity index is 1.62. The molecule has 2 aromatic carbocycles. The third kappa shape index (κ3) is 7.60. The highest BCUT2D eigenvalue weighted by molar-refractivity contribution is 5.92. The number of ether oxygens (including phenoxy) is 2. The minimum absolute atomic E-state index is 0.0985. The minimum Gasteiger partial charge on any atom is -0.467 e. The largest absolute Gasteiger partial charge is 0.467 e. The molecule has 33 heavy (non-hydrogen) atoms. The van der Waals surface area contributed by atoms with Gasteiger partial charge < -0.3 is 14.8 Å². The summed E-state index contributed by atoms with van der Waals surface area (Å²) < 4.78 is 10.7. The van der Waals surface area contributed by atoms with Gasteiger partial charge in [-0.15, -0.1) is 0 Å². The average Bonchev–Trinajstić information content (AvgIpc) is 3.68. The van der Waals surface area contributed by atoms with Gasteiger partial charge in [0, 0.05) is 25.7 Å². The normalized spacial score (nSPS) is 13.9. The van der Waals surface area contributed by atoms with Crippen LogP contribution in [0.1, 0.15) is 44.6 Å². The molecule has 1 saturated carbocycles. The Morgan fingerprint density at radius 3 is 2.52 bits per heavy atom. The molecule has 3 rings (SSSR count).